The summed E-state index contributed by atoms with van der Waals surface area (Å²) in [5.41, 5.74) is 0. The Hall–Kier alpha value is -0.300. The number of nitrogens with one attached hydrogen (secondary N) is 1. The zero-order valence-corrected chi connectivity index (χ0v) is 8.93. The average Bonchev–Trinajstić information content (AvgIpc) is 2.00. The molecule has 0 aromatic carbocycles. The van der Waals surface area contributed by atoms with Crippen LogP contribution in [0.4, 0.5) is 0 Å². The molecule has 2 atom stereocenters. The van der Waals surface area contributed by atoms with Crippen LogP contribution in [-0.2, 0) is 0 Å². The molecule has 0 aliphatic rings. The minimum Gasteiger partial charge on any atom is -0.314 e. The Bertz CT molecular complexity index is 118. The normalized spacial score (nSPS) is 16.1. The number of hydrogen-bond acceptors (Lipinski definition) is 1. The van der Waals surface area contributed by atoms with E-state index in [1.807, 2.05) is 6.08 Å². The van der Waals surface area contributed by atoms with E-state index >= 15 is 0 Å². The first-order valence-electron chi connectivity index (χ1n) is 4.92. The first-order valence-corrected chi connectivity index (χ1v) is 4.92. The van der Waals surface area contributed by atoms with Crippen LogP contribution in [-0.4, -0.2) is 12.6 Å². The SMILES string of the molecule is C=CCC(C)C(C)CNC(C)C. The Balaban J connectivity index is 3.55. The maximum Gasteiger partial charge on any atom is 0.00104 e. The highest BCUT2D eigenvalue weighted by molar-refractivity contribution is 4.75. The average molecular weight is 169 g/mol. The molecule has 0 aliphatic carbocycles. The molecule has 1 nitrogen and oxygen atoms in total. The van der Waals surface area contributed by atoms with Crippen molar-refractivity contribution in [3.05, 3.63) is 12.7 Å². The lowest BCUT2D eigenvalue weighted by Gasteiger charge is -2.20. The highest BCUT2D eigenvalue weighted by atomic mass is 14.9. The minimum absolute atomic E-state index is 0.600. The van der Waals surface area contributed by atoms with Crippen LogP contribution in [0.25, 0.3) is 0 Å². The number of allylic oxidation sites excluding steroid dienone is 1. The van der Waals surface area contributed by atoms with Gasteiger partial charge in [0.15, 0.2) is 0 Å². The molecule has 0 spiro atoms. The van der Waals surface area contributed by atoms with Crippen molar-refractivity contribution in [2.75, 3.05) is 6.54 Å². The van der Waals surface area contributed by atoms with Crippen LogP contribution in [0.2, 0.25) is 0 Å². The van der Waals surface area contributed by atoms with E-state index in [0.29, 0.717) is 6.04 Å². The summed E-state index contributed by atoms with van der Waals surface area (Å²) in [4.78, 5) is 0. The van der Waals surface area contributed by atoms with E-state index in [4.69, 9.17) is 0 Å². The van der Waals surface area contributed by atoms with Crippen molar-refractivity contribution < 1.29 is 0 Å². The third kappa shape index (κ3) is 5.36. The molecule has 0 saturated heterocycles. The highest BCUT2D eigenvalue weighted by Crippen LogP contribution is 2.14. The molecule has 2 unspecified atom stereocenters. The van der Waals surface area contributed by atoms with Crippen molar-refractivity contribution in [2.45, 2.75) is 40.2 Å². The van der Waals surface area contributed by atoms with E-state index in [2.05, 4.69) is 39.6 Å². The van der Waals surface area contributed by atoms with Gasteiger partial charge < -0.3 is 5.32 Å². The maximum absolute atomic E-state index is 3.76. The molecule has 72 valence electrons. The zero-order chi connectivity index (χ0) is 9.56. The summed E-state index contributed by atoms with van der Waals surface area (Å²) >= 11 is 0. The number of rotatable bonds is 6. The first kappa shape index (κ1) is 11.7. The minimum atomic E-state index is 0.600. The first-order chi connectivity index (χ1) is 5.57. The Labute approximate surface area is 77.2 Å². The topological polar surface area (TPSA) is 12.0 Å². The van der Waals surface area contributed by atoms with Gasteiger partial charge in [-0.05, 0) is 24.8 Å². The largest absolute Gasteiger partial charge is 0.314 e. The van der Waals surface area contributed by atoms with Gasteiger partial charge in [0, 0.05) is 6.04 Å². The van der Waals surface area contributed by atoms with Crippen molar-refractivity contribution in [2.24, 2.45) is 11.8 Å². The summed E-state index contributed by atoms with van der Waals surface area (Å²) in [5, 5.41) is 3.45. The molecule has 0 bridgehead atoms. The molecule has 12 heavy (non-hydrogen) atoms. The predicted molar refractivity (Wildman–Crippen MR) is 56.3 cm³/mol. The fourth-order valence-corrected chi connectivity index (χ4v) is 1.12. The fourth-order valence-electron chi connectivity index (χ4n) is 1.12. The summed E-state index contributed by atoms with van der Waals surface area (Å²) < 4.78 is 0. The van der Waals surface area contributed by atoms with Crippen molar-refractivity contribution >= 4 is 0 Å². The van der Waals surface area contributed by atoms with Crippen LogP contribution in [0.15, 0.2) is 12.7 Å². The summed E-state index contributed by atoms with van der Waals surface area (Å²) in [6.45, 7) is 13.8. The van der Waals surface area contributed by atoms with Gasteiger partial charge in [-0.1, -0.05) is 33.8 Å². The smallest absolute Gasteiger partial charge is 0.00104 e. The van der Waals surface area contributed by atoms with Crippen LogP contribution < -0.4 is 5.32 Å². The van der Waals surface area contributed by atoms with E-state index < -0.39 is 0 Å². The van der Waals surface area contributed by atoms with E-state index in [1.165, 1.54) is 0 Å². The standard InChI is InChI=1S/C11H23N/c1-6-7-10(4)11(5)8-12-9(2)3/h6,9-12H,1,7-8H2,2-5H3. The molecule has 0 aliphatic heterocycles. The van der Waals surface area contributed by atoms with Crippen LogP contribution in [0, 0.1) is 11.8 Å². The molecule has 0 rings (SSSR count). The molecule has 0 aromatic heterocycles. The molecule has 1 heteroatoms. The quantitative estimate of drug-likeness (QED) is 0.603. The van der Waals surface area contributed by atoms with Gasteiger partial charge in [0.25, 0.3) is 0 Å². The van der Waals surface area contributed by atoms with Crippen LogP contribution >= 0.6 is 0 Å². The van der Waals surface area contributed by atoms with E-state index in [1.54, 1.807) is 0 Å². The van der Waals surface area contributed by atoms with Crippen molar-refractivity contribution in [1.82, 2.24) is 5.32 Å². The second-order valence-electron chi connectivity index (χ2n) is 4.04. The van der Waals surface area contributed by atoms with Gasteiger partial charge in [-0.3, -0.25) is 0 Å². The summed E-state index contributed by atoms with van der Waals surface area (Å²) in [6.07, 6.45) is 3.14. The highest BCUT2D eigenvalue weighted by Gasteiger charge is 2.10. The van der Waals surface area contributed by atoms with Gasteiger partial charge in [-0.25, -0.2) is 0 Å². The molecule has 0 radical (unpaired) electrons. The van der Waals surface area contributed by atoms with E-state index in [0.717, 1.165) is 24.8 Å². The third-order valence-electron chi connectivity index (χ3n) is 2.36. The summed E-state index contributed by atoms with van der Waals surface area (Å²) in [7, 11) is 0. The Kier molecular flexibility index (Phi) is 6.09. The lowest BCUT2D eigenvalue weighted by Crippen LogP contribution is -2.30. The zero-order valence-electron chi connectivity index (χ0n) is 8.93. The van der Waals surface area contributed by atoms with Crippen molar-refractivity contribution in [3.63, 3.8) is 0 Å². The van der Waals surface area contributed by atoms with Crippen molar-refractivity contribution in [3.8, 4) is 0 Å². The Morgan fingerprint density at radius 3 is 2.17 bits per heavy atom. The molecule has 0 saturated carbocycles. The van der Waals surface area contributed by atoms with Gasteiger partial charge in [0.1, 0.15) is 0 Å². The van der Waals surface area contributed by atoms with Gasteiger partial charge in [0.2, 0.25) is 0 Å². The van der Waals surface area contributed by atoms with Crippen LogP contribution in [0.5, 0.6) is 0 Å². The maximum atomic E-state index is 3.76. The van der Waals surface area contributed by atoms with E-state index in [-0.39, 0.29) is 0 Å². The van der Waals surface area contributed by atoms with Crippen LogP contribution in [0.1, 0.15) is 34.1 Å². The molecule has 0 fully saturated rings. The monoisotopic (exact) mass is 169 g/mol. The molecule has 0 aromatic rings. The molecule has 0 amide bonds. The molecular formula is C11H23N. The molecule has 1 N–H and O–H groups in total. The third-order valence-corrected chi connectivity index (χ3v) is 2.36. The van der Waals surface area contributed by atoms with Gasteiger partial charge >= 0.3 is 0 Å². The molecular weight excluding hydrogens is 146 g/mol. The molecule has 0 heterocycles. The van der Waals surface area contributed by atoms with E-state index in [9.17, 15) is 0 Å². The Morgan fingerprint density at radius 2 is 1.75 bits per heavy atom. The number of hydrogen-bond donors (Lipinski definition) is 1. The summed E-state index contributed by atoms with van der Waals surface area (Å²) in [6, 6.07) is 0.600. The summed E-state index contributed by atoms with van der Waals surface area (Å²) in [5.74, 6) is 1.49. The lowest BCUT2D eigenvalue weighted by atomic mass is 9.93. The second kappa shape index (κ2) is 6.24. The fraction of sp³-hybridized carbons (Fsp3) is 0.818. The van der Waals surface area contributed by atoms with Gasteiger partial charge in [-0.2, -0.15) is 0 Å². The van der Waals surface area contributed by atoms with Gasteiger partial charge in [-0.15, -0.1) is 6.58 Å². The Morgan fingerprint density at radius 1 is 1.17 bits per heavy atom. The van der Waals surface area contributed by atoms with Gasteiger partial charge in [0.05, 0.1) is 0 Å². The van der Waals surface area contributed by atoms with Crippen molar-refractivity contribution in [1.29, 1.82) is 0 Å². The van der Waals surface area contributed by atoms with Crippen LogP contribution in [0.3, 0.4) is 0 Å². The predicted octanol–water partition coefficient (Wildman–Crippen LogP) is 2.83. The second-order valence-corrected chi connectivity index (χ2v) is 4.04. The lowest BCUT2D eigenvalue weighted by molar-refractivity contribution is 0.358.